The fourth-order valence-corrected chi connectivity index (χ4v) is 0.305. The van der Waals surface area contributed by atoms with Crippen LogP contribution in [0.3, 0.4) is 0 Å². The molecule has 0 aliphatic rings. The number of hydrogen-bond acceptors (Lipinski definition) is 3. The Bertz CT molecular complexity index is 39.0. The van der Waals surface area contributed by atoms with Gasteiger partial charge in [-0.25, -0.2) is 0 Å². The summed E-state index contributed by atoms with van der Waals surface area (Å²) in [5.41, 5.74) is 0. The van der Waals surface area contributed by atoms with Crippen LogP contribution in [0.4, 0.5) is 0 Å². The van der Waals surface area contributed by atoms with Crippen molar-refractivity contribution in [2.24, 2.45) is 0 Å². The van der Waals surface area contributed by atoms with E-state index < -0.39 is 0 Å². The van der Waals surface area contributed by atoms with Gasteiger partial charge in [-0.2, -0.15) is 0 Å². The molecule has 0 saturated heterocycles. The summed E-state index contributed by atoms with van der Waals surface area (Å²) in [4.78, 5) is 4.64. The Kier molecular flexibility index (Phi) is 2.91. The van der Waals surface area contributed by atoms with Crippen molar-refractivity contribution < 1.29 is 10.0 Å². The zero-order valence-electron chi connectivity index (χ0n) is 4.88. The fraction of sp³-hybridized carbons (Fsp3) is 1.00. The maximum atomic E-state index is 8.33. The van der Waals surface area contributed by atoms with Crippen LogP contribution in [-0.2, 0) is 4.84 Å². The summed E-state index contributed by atoms with van der Waals surface area (Å²) in [6.45, 7) is 3.68. The van der Waals surface area contributed by atoms with Gasteiger partial charge in [0.2, 0.25) is 0 Å². The third-order valence-corrected chi connectivity index (χ3v) is 0.363. The van der Waals surface area contributed by atoms with Gasteiger partial charge in [-0.1, -0.05) is 5.23 Å². The first kappa shape index (κ1) is 6.88. The highest BCUT2D eigenvalue weighted by atomic mass is 16.9. The molecule has 0 unspecified atom stereocenters. The van der Waals surface area contributed by atoms with E-state index >= 15 is 0 Å². The minimum absolute atomic E-state index is 0.0509. The largest absolute Gasteiger partial charge is 0.290 e. The molecule has 0 atom stereocenters. The lowest BCUT2D eigenvalue weighted by atomic mass is 10.5. The summed E-state index contributed by atoms with van der Waals surface area (Å²) in [6, 6.07) is 0. The van der Waals surface area contributed by atoms with Crippen LogP contribution in [0.15, 0.2) is 0 Å². The molecule has 0 aromatic heterocycles. The average molecular weight is 105 g/mol. The highest BCUT2D eigenvalue weighted by Crippen LogP contribution is 1.86. The van der Waals surface area contributed by atoms with Crippen LogP contribution >= 0.6 is 0 Å². The molecule has 3 heteroatoms. The molecule has 44 valence electrons. The highest BCUT2D eigenvalue weighted by molar-refractivity contribution is 4.27. The van der Waals surface area contributed by atoms with E-state index in [4.69, 9.17) is 5.21 Å². The smallest absolute Gasteiger partial charge is 0.0763 e. The predicted molar refractivity (Wildman–Crippen MR) is 25.8 cm³/mol. The molecule has 0 aliphatic heterocycles. The van der Waals surface area contributed by atoms with Gasteiger partial charge in [-0.3, -0.25) is 10.0 Å². The Morgan fingerprint density at radius 3 is 2.00 bits per heavy atom. The molecule has 1 N–H and O–H groups in total. The first-order valence-electron chi connectivity index (χ1n) is 2.22. The van der Waals surface area contributed by atoms with Crippen molar-refractivity contribution in [3.63, 3.8) is 0 Å². The SMILES string of the molecule is CC(C)ON(C)O. The number of hydrogen-bond donors (Lipinski definition) is 1. The molecule has 0 aliphatic carbocycles. The Labute approximate surface area is 43.4 Å². The summed E-state index contributed by atoms with van der Waals surface area (Å²) in [6.07, 6.45) is 0.0509. The van der Waals surface area contributed by atoms with Gasteiger partial charge in [0.1, 0.15) is 0 Å². The molecular formula is C4H11NO2. The van der Waals surface area contributed by atoms with Gasteiger partial charge in [0.15, 0.2) is 0 Å². The Balaban J connectivity index is 2.95. The molecule has 0 spiro atoms. The van der Waals surface area contributed by atoms with Crippen LogP contribution in [0.5, 0.6) is 0 Å². The predicted octanol–water partition coefficient (Wildman–Crippen LogP) is 0.647. The van der Waals surface area contributed by atoms with Gasteiger partial charge in [-0.15, -0.1) is 0 Å². The minimum Gasteiger partial charge on any atom is -0.290 e. The van der Waals surface area contributed by atoms with Crippen LogP contribution in [0.2, 0.25) is 0 Å². The quantitative estimate of drug-likeness (QED) is 0.523. The first-order valence-corrected chi connectivity index (χ1v) is 2.22. The normalized spacial score (nSPS) is 11.1. The topological polar surface area (TPSA) is 32.7 Å². The first-order chi connectivity index (χ1) is 3.13. The molecule has 0 aromatic carbocycles. The van der Waals surface area contributed by atoms with Crippen molar-refractivity contribution >= 4 is 0 Å². The van der Waals surface area contributed by atoms with E-state index in [0.29, 0.717) is 5.23 Å². The zero-order chi connectivity index (χ0) is 5.86. The summed E-state index contributed by atoms with van der Waals surface area (Å²) in [7, 11) is 1.43. The molecule has 0 aromatic rings. The minimum atomic E-state index is 0.0509. The molecule has 0 bridgehead atoms. The van der Waals surface area contributed by atoms with Gasteiger partial charge in [0, 0.05) is 7.05 Å². The molecule has 0 heterocycles. The van der Waals surface area contributed by atoms with Crippen LogP contribution in [0, 0.1) is 0 Å². The summed E-state index contributed by atoms with van der Waals surface area (Å²) >= 11 is 0. The van der Waals surface area contributed by atoms with Crippen LogP contribution in [0.25, 0.3) is 0 Å². The number of nitrogens with zero attached hydrogens (tertiary/aromatic N) is 1. The van der Waals surface area contributed by atoms with Gasteiger partial charge in [0.05, 0.1) is 6.10 Å². The van der Waals surface area contributed by atoms with E-state index in [2.05, 4.69) is 4.84 Å². The van der Waals surface area contributed by atoms with E-state index in [1.165, 1.54) is 7.05 Å². The Hall–Kier alpha value is -0.120. The molecule has 0 radical (unpaired) electrons. The van der Waals surface area contributed by atoms with Gasteiger partial charge in [-0.05, 0) is 13.8 Å². The maximum absolute atomic E-state index is 8.33. The monoisotopic (exact) mass is 105 g/mol. The number of rotatable bonds is 2. The van der Waals surface area contributed by atoms with Crippen molar-refractivity contribution in [1.82, 2.24) is 5.23 Å². The summed E-state index contributed by atoms with van der Waals surface area (Å²) < 4.78 is 0. The average Bonchev–Trinajstić information content (AvgIpc) is 1.27. The molecular weight excluding hydrogens is 94.0 g/mol. The lowest BCUT2D eigenvalue weighted by Crippen LogP contribution is -2.18. The molecule has 0 amide bonds. The fourth-order valence-electron chi connectivity index (χ4n) is 0.305. The van der Waals surface area contributed by atoms with Gasteiger partial charge < -0.3 is 0 Å². The summed E-state index contributed by atoms with van der Waals surface area (Å²) in [5.74, 6) is 0. The van der Waals surface area contributed by atoms with Gasteiger partial charge in [0.25, 0.3) is 0 Å². The third-order valence-electron chi connectivity index (χ3n) is 0.363. The third kappa shape index (κ3) is 5.88. The molecule has 0 fully saturated rings. The van der Waals surface area contributed by atoms with Crippen molar-refractivity contribution in [2.75, 3.05) is 7.05 Å². The van der Waals surface area contributed by atoms with Crippen LogP contribution in [-0.4, -0.2) is 23.6 Å². The Morgan fingerprint density at radius 2 is 2.00 bits per heavy atom. The van der Waals surface area contributed by atoms with Crippen molar-refractivity contribution in [2.45, 2.75) is 20.0 Å². The second-order valence-electron chi connectivity index (χ2n) is 1.62. The molecule has 0 saturated carbocycles. The second kappa shape index (κ2) is 2.96. The lowest BCUT2D eigenvalue weighted by Gasteiger charge is -2.10. The standard InChI is InChI=1S/C4H11NO2/c1-4(2)7-5(3)6/h4,6H,1-3H3. The van der Waals surface area contributed by atoms with E-state index in [9.17, 15) is 0 Å². The zero-order valence-corrected chi connectivity index (χ0v) is 4.88. The van der Waals surface area contributed by atoms with Crippen molar-refractivity contribution in [3.8, 4) is 0 Å². The van der Waals surface area contributed by atoms with E-state index in [1.807, 2.05) is 13.8 Å². The molecule has 7 heavy (non-hydrogen) atoms. The van der Waals surface area contributed by atoms with Crippen molar-refractivity contribution in [1.29, 1.82) is 0 Å². The van der Waals surface area contributed by atoms with E-state index in [0.717, 1.165) is 0 Å². The van der Waals surface area contributed by atoms with E-state index in [-0.39, 0.29) is 6.10 Å². The lowest BCUT2D eigenvalue weighted by molar-refractivity contribution is -0.339. The second-order valence-corrected chi connectivity index (χ2v) is 1.62. The molecule has 3 nitrogen and oxygen atoms in total. The number of hydroxylamine groups is 2. The van der Waals surface area contributed by atoms with Gasteiger partial charge >= 0.3 is 0 Å². The van der Waals surface area contributed by atoms with E-state index in [1.54, 1.807) is 0 Å². The Morgan fingerprint density at radius 1 is 1.57 bits per heavy atom. The van der Waals surface area contributed by atoms with Crippen molar-refractivity contribution in [3.05, 3.63) is 0 Å². The summed E-state index contributed by atoms with van der Waals surface area (Å²) in [5, 5.41) is 9.03. The highest BCUT2D eigenvalue weighted by Gasteiger charge is 1.93. The van der Waals surface area contributed by atoms with Crippen LogP contribution < -0.4 is 0 Å². The maximum Gasteiger partial charge on any atom is 0.0763 e. The van der Waals surface area contributed by atoms with Crippen LogP contribution in [0.1, 0.15) is 13.8 Å². The molecule has 0 rings (SSSR count).